The van der Waals surface area contributed by atoms with Crippen LogP contribution in [0.15, 0.2) is 43.0 Å². The summed E-state index contributed by atoms with van der Waals surface area (Å²) in [7, 11) is 0. The molecule has 1 aromatic rings. The molecule has 0 bridgehead atoms. The van der Waals surface area contributed by atoms with Gasteiger partial charge in [-0.05, 0) is 46.6 Å². The van der Waals surface area contributed by atoms with Gasteiger partial charge in [0.15, 0.2) is 0 Å². The highest BCUT2D eigenvalue weighted by Gasteiger charge is 2.22. The van der Waals surface area contributed by atoms with E-state index in [2.05, 4.69) is 84.5 Å². The van der Waals surface area contributed by atoms with Crippen molar-refractivity contribution >= 4 is 0 Å². The van der Waals surface area contributed by atoms with Gasteiger partial charge in [-0.25, -0.2) is 0 Å². The molecule has 0 fully saturated rings. The highest BCUT2D eigenvalue weighted by Crippen LogP contribution is 2.15. The molecule has 0 aliphatic carbocycles. The van der Waals surface area contributed by atoms with Gasteiger partial charge in [0.05, 0.1) is 45.8 Å². The minimum absolute atomic E-state index is 1.13. The lowest BCUT2D eigenvalue weighted by molar-refractivity contribution is -0.938. The lowest BCUT2D eigenvalue weighted by Crippen LogP contribution is -2.48. The molecular weight excluding hydrogens is 340 g/mol. The third-order valence-corrected chi connectivity index (χ3v) is 6.53. The molecular formula is C26H50N2+2. The van der Waals surface area contributed by atoms with Crippen LogP contribution in [-0.4, -0.2) is 54.8 Å². The molecule has 0 saturated heterocycles. The van der Waals surface area contributed by atoms with E-state index >= 15 is 0 Å². The fourth-order valence-electron chi connectivity index (χ4n) is 3.96. The van der Waals surface area contributed by atoms with Crippen molar-refractivity contribution < 1.29 is 8.97 Å². The van der Waals surface area contributed by atoms with Gasteiger partial charge in [0.25, 0.3) is 0 Å². The van der Waals surface area contributed by atoms with Gasteiger partial charge in [-0.3, -0.25) is 0 Å². The smallest absolute Gasteiger partial charge is 0.104 e. The van der Waals surface area contributed by atoms with Crippen molar-refractivity contribution in [3.63, 3.8) is 0 Å². The molecule has 0 spiro atoms. The summed E-state index contributed by atoms with van der Waals surface area (Å²) in [6.45, 7) is 27.5. The Kier molecular flexibility index (Phi) is 15.1. The summed E-state index contributed by atoms with van der Waals surface area (Å²) < 4.78 is 2.45. The van der Waals surface area contributed by atoms with Crippen molar-refractivity contribution in [1.29, 1.82) is 0 Å². The third kappa shape index (κ3) is 9.89. The molecule has 0 radical (unpaired) electrons. The minimum Gasteiger partial charge on any atom is -0.321 e. The molecule has 0 amide bonds. The number of hydrogen-bond donors (Lipinski definition) is 0. The molecule has 0 aromatic heterocycles. The number of nitrogens with zero attached hydrogens (tertiary/aromatic N) is 2. The van der Waals surface area contributed by atoms with Crippen LogP contribution in [0.3, 0.4) is 0 Å². The summed E-state index contributed by atoms with van der Waals surface area (Å²) in [6, 6.07) is 10.9. The van der Waals surface area contributed by atoms with Gasteiger partial charge in [0.2, 0.25) is 0 Å². The first-order chi connectivity index (χ1) is 13.5. The molecule has 0 heterocycles. The Balaban J connectivity index is 0.000000546. The predicted molar refractivity (Wildman–Crippen MR) is 127 cm³/mol. The molecule has 0 saturated carbocycles. The highest BCUT2D eigenvalue weighted by molar-refractivity contribution is 5.13. The van der Waals surface area contributed by atoms with Gasteiger partial charge in [0, 0.05) is 5.56 Å². The van der Waals surface area contributed by atoms with Crippen LogP contribution < -0.4 is 0 Å². The van der Waals surface area contributed by atoms with Crippen LogP contribution in [0.2, 0.25) is 0 Å². The van der Waals surface area contributed by atoms with Gasteiger partial charge in [-0.15, -0.1) is 0 Å². The van der Waals surface area contributed by atoms with E-state index in [1.807, 2.05) is 0 Å². The molecule has 0 atom stereocenters. The minimum atomic E-state index is 1.13. The van der Waals surface area contributed by atoms with E-state index in [0.29, 0.717) is 0 Å². The van der Waals surface area contributed by atoms with Crippen molar-refractivity contribution in [1.82, 2.24) is 0 Å². The number of benzene rings is 1. The van der Waals surface area contributed by atoms with Crippen molar-refractivity contribution in [2.75, 3.05) is 45.8 Å². The maximum atomic E-state index is 3.83. The zero-order valence-electron chi connectivity index (χ0n) is 20.1. The Hall–Kier alpha value is -1.12. The Morgan fingerprint density at radius 3 is 1.57 bits per heavy atom. The van der Waals surface area contributed by atoms with E-state index in [1.54, 1.807) is 0 Å². The first-order valence-electron chi connectivity index (χ1n) is 11.9. The van der Waals surface area contributed by atoms with Crippen LogP contribution in [0.25, 0.3) is 0 Å². The van der Waals surface area contributed by atoms with Crippen LogP contribution in [0.4, 0.5) is 0 Å². The van der Waals surface area contributed by atoms with Gasteiger partial charge < -0.3 is 8.97 Å². The molecule has 2 nitrogen and oxygen atoms in total. The molecule has 0 aliphatic heterocycles. The van der Waals surface area contributed by atoms with Crippen LogP contribution >= 0.6 is 0 Å². The Bertz CT molecular complexity index is 472. The largest absolute Gasteiger partial charge is 0.321 e. The van der Waals surface area contributed by atoms with Crippen molar-refractivity contribution in [2.45, 2.75) is 73.8 Å². The van der Waals surface area contributed by atoms with E-state index < -0.39 is 0 Å². The standard InChI is InChI=1S/C15H26N.C11H24N/c1-4-7-13-16(5-2,6-3)14-15-11-9-8-10-12-15;1-5-9-11-12(7-3,8-4)10-6-2/h8-12H,4-7,13-14H2,1-3H3;6H,2,5,7-11H2,1,3-4H3/q2*+1. The Labute approximate surface area is 177 Å². The Morgan fingerprint density at radius 1 is 0.714 bits per heavy atom. The van der Waals surface area contributed by atoms with Crippen LogP contribution in [-0.2, 0) is 6.54 Å². The summed E-state index contributed by atoms with van der Waals surface area (Å²) in [5.41, 5.74) is 1.47. The Morgan fingerprint density at radius 2 is 1.18 bits per heavy atom. The van der Waals surface area contributed by atoms with Crippen molar-refractivity contribution in [3.05, 3.63) is 48.6 Å². The van der Waals surface area contributed by atoms with E-state index in [1.165, 1.54) is 86.0 Å². The van der Waals surface area contributed by atoms with E-state index in [0.717, 1.165) is 6.54 Å². The summed E-state index contributed by atoms with van der Waals surface area (Å²) >= 11 is 0. The topological polar surface area (TPSA) is 0 Å². The average molecular weight is 391 g/mol. The molecule has 1 aromatic carbocycles. The second-order valence-corrected chi connectivity index (χ2v) is 8.22. The first kappa shape index (κ1) is 26.9. The highest BCUT2D eigenvalue weighted by atomic mass is 15.3. The zero-order chi connectivity index (χ0) is 21.3. The van der Waals surface area contributed by atoms with Crippen LogP contribution in [0.1, 0.15) is 72.8 Å². The van der Waals surface area contributed by atoms with Crippen molar-refractivity contribution in [3.8, 4) is 0 Å². The third-order valence-electron chi connectivity index (χ3n) is 6.53. The van der Waals surface area contributed by atoms with Crippen LogP contribution in [0.5, 0.6) is 0 Å². The number of likely N-dealkylation sites (N-methyl/N-ethyl adjacent to an activating group) is 1. The summed E-state index contributed by atoms with van der Waals surface area (Å²) in [6.07, 6.45) is 7.35. The molecule has 0 aliphatic rings. The fraction of sp³-hybridized carbons (Fsp3) is 0.692. The second kappa shape index (κ2) is 15.8. The van der Waals surface area contributed by atoms with Crippen molar-refractivity contribution in [2.24, 2.45) is 0 Å². The summed E-state index contributed by atoms with van der Waals surface area (Å²) in [5, 5.41) is 0. The average Bonchev–Trinajstić information content (AvgIpc) is 2.75. The number of hydrogen-bond acceptors (Lipinski definition) is 0. The predicted octanol–water partition coefficient (Wildman–Crippen LogP) is 6.67. The van der Waals surface area contributed by atoms with E-state index in [-0.39, 0.29) is 0 Å². The zero-order valence-corrected chi connectivity index (χ0v) is 20.1. The molecule has 1 rings (SSSR count). The normalized spacial score (nSPS) is 11.6. The van der Waals surface area contributed by atoms with Crippen LogP contribution in [0, 0.1) is 0 Å². The quantitative estimate of drug-likeness (QED) is 0.246. The number of unbranched alkanes of at least 4 members (excludes halogenated alkanes) is 2. The molecule has 28 heavy (non-hydrogen) atoms. The monoisotopic (exact) mass is 390 g/mol. The first-order valence-corrected chi connectivity index (χ1v) is 11.9. The second-order valence-electron chi connectivity index (χ2n) is 8.22. The van der Waals surface area contributed by atoms with Gasteiger partial charge in [-0.2, -0.15) is 0 Å². The maximum absolute atomic E-state index is 3.83. The number of rotatable bonds is 14. The van der Waals surface area contributed by atoms with E-state index in [4.69, 9.17) is 0 Å². The molecule has 2 heteroatoms. The summed E-state index contributed by atoms with van der Waals surface area (Å²) in [5.74, 6) is 0. The van der Waals surface area contributed by atoms with E-state index in [9.17, 15) is 0 Å². The van der Waals surface area contributed by atoms with Gasteiger partial charge >= 0.3 is 0 Å². The molecule has 0 N–H and O–H groups in total. The SMILES string of the molecule is C=CC[N+](CC)(CC)CCCC.CCCC[N+](CC)(CC)Cc1ccccc1. The lowest BCUT2D eigenvalue weighted by Gasteiger charge is -2.37. The van der Waals surface area contributed by atoms with Gasteiger partial charge in [-0.1, -0.05) is 63.6 Å². The fourth-order valence-corrected chi connectivity index (χ4v) is 3.96. The summed E-state index contributed by atoms with van der Waals surface area (Å²) in [4.78, 5) is 0. The molecule has 162 valence electrons. The maximum Gasteiger partial charge on any atom is 0.104 e. The molecule has 0 unspecified atom stereocenters. The number of quaternary nitrogens is 2. The van der Waals surface area contributed by atoms with Gasteiger partial charge in [0.1, 0.15) is 6.54 Å². The lowest BCUT2D eigenvalue weighted by atomic mass is 10.1.